The zero-order valence-corrected chi connectivity index (χ0v) is 13.6. The molecule has 110 valence electrons. The van der Waals surface area contributed by atoms with Crippen molar-refractivity contribution in [1.82, 2.24) is 15.1 Å². The summed E-state index contributed by atoms with van der Waals surface area (Å²) in [5.41, 5.74) is 1.81. The van der Waals surface area contributed by atoms with Crippen molar-refractivity contribution in [1.29, 1.82) is 0 Å². The first-order valence-corrected chi connectivity index (χ1v) is 9.06. The van der Waals surface area contributed by atoms with E-state index in [1.54, 1.807) is 23.1 Å². The average Bonchev–Trinajstić information content (AvgIpc) is 3.24. The number of rotatable bonds is 3. The number of nitrogens with zero attached hydrogens (tertiary/aromatic N) is 3. The average molecular weight is 348 g/mol. The Kier molecular flexibility index (Phi) is 3.32. The predicted octanol–water partition coefficient (Wildman–Crippen LogP) is 3.87. The number of benzene rings is 1. The number of carbonyl (C=O) groups excluding carboxylic acids is 1. The number of hydrogen-bond acceptors (Lipinski definition) is 8. The second-order valence-corrected chi connectivity index (χ2v) is 7.35. The van der Waals surface area contributed by atoms with E-state index >= 15 is 0 Å². The van der Waals surface area contributed by atoms with E-state index < -0.39 is 0 Å². The van der Waals surface area contributed by atoms with Crippen LogP contribution in [0.25, 0.3) is 20.4 Å². The van der Waals surface area contributed by atoms with Gasteiger partial charge in [0, 0.05) is 6.07 Å². The van der Waals surface area contributed by atoms with Crippen LogP contribution < -0.4 is 5.32 Å². The predicted molar refractivity (Wildman–Crippen MR) is 89.0 cm³/mol. The summed E-state index contributed by atoms with van der Waals surface area (Å²) in [6.07, 6.45) is 3.43. The molecule has 9 heteroatoms. The number of carbonyl (C=O) groups is 1. The first-order chi connectivity index (χ1) is 10.7. The van der Waals surface area contributed by atoms with E-state index in [4.69, 9.17) is 4.52 Å². The number of fused-ring (bicyclic) bond motifs is 3. The Morgan fingerprint density at radius 1 is 1.18 bits per heavy atom. The zero-order valence-electron chi connectivity index (χ0n) is 11.2. The number of aromatic nitrogens is 3. The molecule has 4 aromatic rings. The highest BCUT2D eigenvalue weighted by atomic mass is 32.2. The van der Waals surface area contributed by atoms with Crippen molar-refractivity contribution in [3.05, 3.63) is 30.2 Å². The fourth-order valence-corrected chi connectivity index (χ4v) is 4.64. The monoisotopic (exact) mass is 348 g/mol. The Hall–Kier alpha value is -1.97. The molecule has 0 spiro atoms. The van der Waals surface area contributed by atoms with E-state index in [0.29, 0.717) is 5.13 Å². The maximum absolute atomic E-state index is 12.0. The second kappa shape index (κ2) is 5.34. The van der Waals surface area contributed by atoms with Crippen LogP contribution in [0.15, 0.2) is 33.3 Å². The molecule has 1 amide bonds. The molecule has 6 nitrogen and oxygen atoms in total. The van der Waals surface area contributed by atoms with Crippen molar-refractivity contribution in [2.45, 2.75) is 4.34 Å². The topological polar surface area (TPSA) is 80.9 Å². The molecule has 4 rings (SSSR count). The van der Waals surface area contributed by atoms with E-state index in [0.717, 1.165) is 24.8 Å². The van der Waals surface area contributed by atoms with Crippen LogP contribution in [-0.2, 0) is 0 Å². The number of amides is 1. The van der Waals surface area contributed by atoms with Gasteiger partial charge in [-0.15, -0.1) is 11.3 Å². The van der Waals surface area contributed by atoms with E-state index in [1.165, 1.54) is 23.6 Å². The lowest BCUT2D eigenvalue weighted by Gasteiger charge is -1.95. The summed E-state index contributed by atoms with van der Waals surface area (Å²) in [6.45, 7) is 0. The van der Waals surface area contributed by atoms with E-state index in [1.807, 2.05) is 18.4 Å². The van der Waals surface area contributed by atoms with Crippen LogP contribution >= 0.6 is 34.4 Å². The fraction of sp³-hybridized carbons (Fsp3) is 0.0769. The Bertz CT molecular complexity index is 974. The maximum atomic E-state index is 12.0. The van der Waals surface area contributed by atoms with Crippen molar-refractivity contribution >= 4 is 65.9 Å². The van der Waals surface area contributed by atoms with Gasteiger partial charge in [-0.2, -0.15) is 0 Å². The summed E-state index contributed by atoms with van der Waals surface area (Å²) in [5, 5.41) is 6.78. The SMILES string of the molecule is CSc1nc2ccc3nc(NC(=O)c4ccno4)sc3c2s1. The van der Waals surface area contributed by atoms with Gasteiger partial charge in [0.1, 0.15) is 0 Å². The minimum absolute atomic E-state index is 0.159. The summed E-state index contributed by atoms with van der Waals surface area (Å²) in [6, 6.07) is 5.38. The van der Waals surface area contributed by atoms with Crippen LogP contribution in [0, 0.1) is 0 Å². The third kappa shape index (κ3) is 2.27. The summed E-state index contributed by atoms with van der Waals surface area (Å²) >= 11 is 4.69. The molecule has 0 aliphatic heterocycles. The molecule has 0 aliphatic rings. The second-order valence-electron chi connectivity index (χ2n) is 4.30. The molecule has 0 saturated carbocycles. The van der Waals surface area contributed by atoms with Gasteiger partial charge in [-0.3, -0.25) is 10.1 Å². The van der Waals surface area contributed by atoms with Gasteiger partial charge in [0.15, 0.2) is 9.47 Å². The van der Waals surface area contributed by atoms with Gasteiger partial charge in [-0.1, -0.05) is 28.3 Å². The quantitative estimate of drug-likeness (QED) is 0.566. The third-order valence-electron chi connectivity index (χ3n) is 2.95. The van der Waals surface area contributed by atoms with Crippen LogP contribution in [0.4, 0.5) is 5.13 Å². The highest BCUT2D eigenvalue weighted by Gasteiger charge is 2.15. The van der Waals surface area contributed by atoms with E-state index in [-0.39, 0.29) is 11.7 Å². The molecule has 3 heterocycles. The van der Waals surface area contributed by atoms with Gasteiger partial charge in [0.05, 0.1) is 26.6 Å². The summed E-state index contributed by atoms with van der Waals surface area (Å²) in [7, 11) is 0. The standard InChI is InChI=1S/C13H8N4O2S3/c1-20-13-16-7-3-2-6-9(10(7)22-13)21-12(15-6)17-11(18)8-4-5-14-19-8/h2-5H,1H3,(H,15,17,18). The number of anilines is 1. The molecular formula is C13H8N4O2S3. The lowest BCUT2D eigenvalue weighted by atomic mass is 10.3. The van der Waals surface area contributed by atoms with Gasteiger partial charge in [-0.25, -0.2) is 9.97 Å². The number of thioether (sulfide) groups is 1. The van der Waals surface area contributed by atoms with Gasteiger partial charge in [-0.05, 0) is 18.4 Å². The van der Waals surface area contributed by atoms with Crippen molar-refractivity contribution in [2.24, 2.45) is 0 Å². The molecule has 1 aromatic carbocycles. The molecular weight excluding hydrogens is 340 g/mol. The number of nitrogens with one attached hydrogen (secondary N) is 1. The number of hydrogen-bond donors (Lipinski definition) is 1. The Labute approximate surface area is 136 Å². The molecule has 0 bridgehead atoms. The molecule has 0 aliphatic carbocycles. The van der Waals surface area contributed by atoms with Gasteiger partial charge in [0.2, 0.25) is 5.76 Å². The highest BCUT2D eigenvalue weighted by Crippen LogP contribution is 2.38. The third-order valence-corrected chi connectivity index (χ3v) is 6.16. The van der Waals surface area contributed by atoms with Crippen LogP contribution in [0.1, 0.15) is 10.6 Å². The number of thiazole rings is 2. The molecule has 0 radical (unpaired) electrons. The van der Waals surface area contributed by atoms with Crippen LogP contribution in [-0.4, -0.2) is 27.3 Å². The fourth-order valence-electron chi connectivity index (χ4n) is 1.99. The van der Waals surface area contributed by atoms with E-state index in [9.17, 15) is 4.79 Å². The molecule has 3 aromatic heterocycles. The van der Waals surface area contributed by atoms with Crippen molar-refractivity contribution in [3.8, 4) is 0 Å². The smallest absolute Gasteiger partial charge is 0.296 e. The van der Waals surface area contributed by atoms with Crippen molar-refractivity contribution in [2.75, 3.05) is 11.6 Å². The first-order valence-electron chi connectivity index (χ1n) is 6.21. The molecule has 0 unspecified atom stereocenters. The summed E-state index contributed by atoms with van der Waals surface area (Å²) < 4.78 is 7.98. The molecule has 0 atom stereocenters. The largest absolute Gasteiger partial charge is 0.351 e. The van der Waals surface area contributed by atoms with Crippen molar-refractivity contribution < 1.29 is 9.32 Å². The first kappa shape index (κ1) is 13.7. The Balaban J connectivity index is 1.75. The Morgan fingerprint density at radius 2 is 1.95 bits per heavy atom. The van der Waals surface area contributed by atoms with Gasteiger partial charge >= 0.3 is 0 Å². The van der Waals surface area contributed by atoms with Crippen LogP contribution in [0.3, 0.4) is 0 Å². The summed E-state index contributed by atoms with van der Waals surface area (Å²) in [5.74, 6) is -0.200. The Morgan fingerprint density at radius 3 is 2.68 bits per heavy atom. The lowest BCUT2D eigenvalue weighted by molar-refractivity contribution is 0.0988. The summed E-state index contributed by atoms with van der Waals surface area (Å²) in [4.78, 5) is 21.0. The zero-order chi connectivity index (χ0) is 15.1. The van der Waals surface area contributed by atoms with Crippen LogP contribution in [0.5, 0.6) is 0 Å². The van der Waals surface area contributed by atoms with Crippen molar-refractivity contribution in [3.63, 3.8) is 0 Å². The van der Waals surface area contributed by atoms with E-state index in [2.05, 4.69) is 20.4 Å². The lowest BCUT2D eigenvalue weighted by Crippen LogP contribution is -2.10. The maximum Gasteiger partial charge on any atom is 0.296 e. The van der Waals surface area contributed by atoms with Gasteiger partial charge < -0.3 is 4.52 Å². The minimum Gasteiger partial charge on any atom is -0.351 e. The molecule has 0 fully saturated rings. The van der Waals surface area contributed by atoms with Gasteiger partial charge in [0.25, 0.3) is 5.91 Å². The molecule has 22 heavy (non-hydrogen) atoms. The molecule has 0 saturated heterocycles. The molecule has 1 N–H and O–H groups in total. The van der Waals surface area contributed by atoms with Crippen LogP contribution in [0.2, 0.25) is 0 Å². The highest BCUT2D eigenvalue weighted by molar-refractivity contribution is 8.00. The normalized spacial score (nSPS) is 11.3. The minimum atomic E-state index is -0.359.